The molecule has 8 heteroatoms. The van der Waals surface area contributed by atoms with Crippen LogP contribution in [0.15, 0.2) is 24.3 Å². The predicted octanol–water partition coefficient (Wildman–Crippen LogP) is 0.278. The molecule has 0 radical (unpaired) electrons. The summed E-state index contributed by atoms with van der Waals surface area (Å²) < 4.78 is 4.97. The van der Waals surface area contributed by atoms with Crippen LogP contribution in [-0.2, 0) is 9.63 Å². The van der Waals surface area contributed by atoms with E-state index in [0.717, 1.165) is 0 Å². The number of hydrogen-bond acceptors (Lipinski definition) is 7. The quantitative estimate of drug-likeness (QED) is 0.433. The van der Waals surface area contributed by atoms with Crippen LogP contribution in [0.25, 0.3) is 0 Å². The van der Waals surface area contributed by atoms with Gasteiger partial charge in [-0.1, -0.05) is 0 Å². The topological polar surface area (TPSA) is 117 Å². The lowest BCUT2D eigenvalue weighted by molar-refractivity contribution is -0.518. The van der Waals surface area contributed by atoms with Gasteiger partial charge in [0.25, 0.3) is 6.41 Å². The summed E-state index contributed by atoms with van der Waals surface area (Å²) in [5.41, 5.74) is 5.85. The maximum Gasteiger partial charge on any atom is 0.279 e. The number of nitrogens with two attached hydrogens (primary N) is 1. The standard InChI is InChI=1S/C9H13N3O5/c1-6(13)11-7-2-4-8(5-3-7)16-9(10)17-12(14)15/h2-5,9,14-15H,10H2,1H3,(H,11,13). The van der Waals surface area contributed by atoms with Gasteiger partial charge in [-0.15, -0.1) is 0 Å². The number of anilines is 1. The molecule has 17 heavy (non-hydrogen) atoms. The Bertz CT molecular complexity index is 367. The molecule has 0 spiro atoms. The molecule has 0 bridgehead atoms. The van der Waals surface area contributed by atoms with Gasteiger partial charge in [0, 0.05) is 12.6 Å². The fourth-order valence-electron chi connectivity index (χ4n) is 1.07. The third-order valence-corrected chi connectivity index (χ3v) is 1.63. The van der Waals surface area contributed by atoms with E-state index < -0.39 is 11.8 Å². The van der Waals surface area contributed by atoms with E-state index in [1.165, 1.54) is 19.1 Å². The fraction of sp³-hybridized carbons (Fsp3) is 0.222. The lowest BCUT2D eigenvalue weighted by Gasteiger charge is -2.15. The Morgan fingerprint density at radius 1 is 1.41 bits per heavy atom. The van der Waals surface area contributed by atoms with Gasteiger partial charge in [-0.2, -0.15) is 4.84 Å². The van der Waals surface area contributed by atoms with Crippen LogP contribution in [0.1, 0.15) is 6.92 Å². The minimum absolute atomic E-state index is 0.185. The second kappa shape index (κ2) is 6.13. The molecule has 1 aromatic rings. The predicted molar refractivity (Wildman–Crippen MR) is 55.8 cm³/mol. The molecule has 0 aliphatic rings. The van der Waals surface area contributed by atoms with Gasteiger partial charge >= 0.3 is 0 Å². The molecule has 1 aromatic carbocycles. The van der Waals surface area contributed by atoms with E-state index in [9.17, 15) is 4.79 Å². The molecular formula is C9H13N3O5. The Morgan fingerprint density at radius 3 is 2.47 bits per heavy atom. The molecule has 0 fully saturated rings. The smallest absolute Gasteiger partial charge is 0.279 e. The number of amides is 1. The lowest BCUT2D eigenvalue weighted by Crippen LogP contribution is -2.36. The summed E-state index contributed by atoms with van der Waals surface area (Å²) in [4.78, 5) is 14.9. The molecule has 5 N–H and O–H groups in total. The zero-order valence-corrected chi connectivity index (χ0v) is 9.03. The number of carbonyl (C=O) groups is 1. The van der Waals surface area contributed by atoms with Crippen LogP contribution in [0.4, 0.5) is 5.69 Å². The van der Waals surface area contributed by atoms with Crippen LogP contribution in [0.5, 0.6) is 5.75 Å². The van der Waals surface area contributed by atoms with Crippen molar-refractivity contribution in [3.8, 4) is 5.75 Å². The molecule has 0 heterocycles. The summed E-state index contributed by atoms with van der Waals surface area (Å²) in [6.07, 6.45) is -1.36. The Labute approximate surface area is 97.0 Å². The van der Waals surface area contributed by atoms with E-state index in [2.05, 4.69) is 10.2 Å². The van der Waals surface area contributed by atoms with E-state index in [1.54, 1.807) is 12.1 Å². The Kier molecular flexibility index (Phi) is 4.82. The van der Waals surface area contributed by atoms with Crippen LogP contribution in [0.2, 0.25) is 0 Å². The molecule has 94 valence electrons. The van der Waals surface area contributed by atoms with E-state index in [0.29, 0.717) is 11.4 Å². The normalized spacial score (nSPS) is 12.3. The van der Waals surface area contributed by atoms with Crippen molar-refractivity contribution >= 4 is 11.6 Å². The molecule has 0 aliphatic carbocycles. The molecular weight excluding hydrogens is 230 g/mol. The number of rotatable bonds is 5. The number of carbonyl (C=O) groups excluding carboxylic acids is 1. The average Bonchev–Trinajstić information content (AvgIpc) is 2.18. The Balaban J connectivity index is 2.53. The van der Waals surface area contributed by atoms with Crippen molar-refractivity contribution in [3.05, 3.63) is 24.3 Å². The highest BCUT2D eigenvalue weighted by atomic mass is 17.1. The van der Waals surface area contributed by atoms with Crippen molar-refractivity contribution in [2.75, 3.05) is 5.32 Å². The number of benzene rings is 1. The third kappa shape index (κ3) is 5.24. The Hall–Kier alpha value is -1.71. The van der Waals surface area contributed by atoms with Crippen LogP contribution in [-0.4, -0.2) is 28.1 Å². The van der Waals surface area contributed by atoms with Gasteiger partial charge in [0.2, 0.25) is 5.91 Å². The van der Waals surface area contributed by atoms with Gasteiger partial charge in [-0.25, -0.2) is 0 Å². The van der Waals surface area contributed by atoms with Gasteiger partial charge in [0.1, 0.15) is 5.75 Å². The maximum absolute atomic E-state index is 10.8. The van der Waals surface area contributed by atoms with Crippen LogP contribution >= 0.6 is 0 Å². The first kappa shape index (κ1) is 13.4. The van der Waals surface area contributed by atoms with Gasteiger partial charge < -0.3 is 10.1 Å². The number of hydrogen-bond donors (Lipinski definition) is 4. The van der Waals surface area contributed by atoms with Crippen molar-refractivity contribution in [1.82, 2.24) is 5.39 Å². The highest BCUT2D eigenvalue weighted by Gasteiger charge is 2.08. The van der Waals surface area contributed by atoms with E-state index in [4.69, 9.17) is 20.9 Å². The zero-order valence-electron chi connectivity index (χ0n) is 9.03. The molecule has 0 aliphatic heterocycles. The summed E-state index contributed by atoms with van der Waals surface area (Å²) >= 11 is 0. The van der Waals surface area contributed by atoms with Crippen molar-refractivity contribution in [3.63, 3.8) is 0 Å². The monoisotopic (exact) mass is 243 g/mol. The van der Waals surface area contributed by atoms with Crippen LogP contribution < -0.4 is 15.8 Å². The first-order valence-electron chi connectivity index (χ1n) is 4.62. The molecule has 1 amide bonds. The summed E-state index contributed by atoms with van der Waals surface area (Å²) in [5, 5.41) is 18.6. The highest BCUT2D eigenvalue weighted by molar-refractivity contribution is 5.88. The largest absolute Gasteiger partial charge is 0.450 e. The molecule has 0 saturated carbocycles. The van der Waals surface area contributed by atoms with E-state index in [1.807, 2.05) is 0 Å². The van der Waals surface area contributed by atoms with Crippen molar-refractivity contribution < 1.29 is 24.8 Å². The van der Waals surface area contributed by atoms with Crippen molar-refractivity contribution in [2.45, 2.75) is 13.3 Å². The van der Waals surface area contributed by atoms with E-state index >= 15 is 0 Å². The minimum atomic E-state index is -1.36. The van der Waals surface area contributed by atoms with Crippen LogP contribution in [0.3, 0.4) is 0 Å². The van der Waals surface area contributed by atoms with Crippen LogP contribution in [0, 0.1) is 0 Å². The Morgan fingerprint density at radius 2 is 2.00 bits per heavy atom. The average molecular weight is 243 g/mol. The summed E-state index contributed by atoms with van der Waals surface area (Å²) in [6, 6.07) is 6.26. The molecule has 1 rings (SSSR count). The van der Waals surface area contributed by atoms with Gasteiger partial charge in [-0.3, -0.25) is 20.9 Å². The van der Waals surface area contributed by atoms with Crippen molar-refractivity contribution in [1.29, 1.82) is 0 Å². The molecule has 1 unspecified atom stereocenters. The molecule has 8 nitrogen and oxygen atoms in total. The van der Waals surface area contributed by atoms with Gasteiger partial charge in [0.05, 0.1) is 5.39 Å². The molecule has 0 saturated heterocycles. The first-order chi connectivity index (χ1) is 7.97. The fourth-order valence-corrected chi connectivity index (χ4v) is 1.07. The summed E-state index contributed by atoms with van der Waals surface area (Å²) in [7, 11) is 0. The molecule has 0 aromatic heterocycles. The van der Waals surface area contributed by atoms with E-state index in [-0.39, 0.29) is 5.91 Å². The zero-order chi connectivity index (χ0) is 12.8. The number of nitrogens with zero attached hydrogens (tertiary/aromatic N) is 1. The second-order valence-electron chi connectivity index (χ2n) is 3.05. The SMILES string of the molecule is CC(=O)Nc1ccc(OC(N)ON(O)O)cc1. The van der Waals surface area contributed by atoms with Crippen molar-refractivity contribution in [2.24, 2.45) is 5.73 Å². The second-order valence-corrected chi connectivity index (χ2v) is 3.05. The highest BCUT2D eigenvalue weighted by Crippen LogP contribution is 2.16. The van der Waals surface area contributed by atoms with Gasteiger partial charge in [0.15, 0.2) is 0 Å². The summed E-state index contributed by atoms with van der Waals surface area (Å²) in [6.45, 7) is 1.39. The van der Waals surface area contributed by atoms with Gasteiger partial charge in [-0.05, 0) is 24.3 Å². The number of nitrogens with one attached hydrogen (secondary N) is 1. The maximum atomic E-state index is 10.8. The number of ether oxygens (including phenoxy) is 1. The molecule has 1 atom stereocenters. The first-order valence-corrected chi connectivity index (χ1v) is 4.62. The lowest BCUT2D eigenvalue weighted by atomic mass is 10.3. The summed E-state index contributed by atoms with van der Waals surface area (Å²) in [5.74, 6) is 0.156. The third-order valence-electron chi connectivity index (χ3n) is 1.63. The minimum Gasteiger partial charge on any atom is -0.450 e.